The van der Waals surface area contributed by atoms with E-state index in [1.54, 1.807) is 7.11 Å². The number of methoxy groups -OCH3 is 1. The van der Waals surface area contributed by atoms with Gasteiger partial charge in [-0.2, -0.15) is 0 Å². The third kappa shape index (κ3) is 5.28. The van der Waals surface area contributed by atoms with E-state index in [2.05, 4.69) is 4.98 Å². The number of pyridine rings is 1. The molecule has 0 atom stereocenters. The van der Waals surface area contributed by atoms with Crippen LogP contribution in [-0.4, -0.2) is 49.6 Å². The average Bonchev–Trinajstić information content (AvgIpc) is 2.34. The molecule has 0 saturated heterocycles. The molecule has 0 spiro atoms. The van der Waals surface area contributed by atoms with E-state index in [1.165, 1.54) is 18.5 Å². The van der Waals surface area contributed by atoms with Crippen LogP contribution in [0, 0.1) is 0 Å². The zero-order chi connectivity index (χ0) is 12.5. The molecule has 0 amide bonds. The zero-order valence-corrected chi connectivity index (χ0v) is 9.59. The fourth-order valence-corrected chi connectivity index (χ4v) is 1.08. The first kappa shape index (κ1) is 13.4. The lowest BCUT2D eigenvalue weighted by atomic mass is 10.3. The first-order valence-electron chi connectivity index (χ1n) is 5.12. The van der Waals surface area contributed by atoms with Crippen LogP contribution >= 0.6 is 0 Å². The molecule has 0 unspecified atom stereocenters. The molecule has 0 bridgehead atoms. The molecule has 6 heteroatoms. The molecule has 0 radical (unpaired) electrons. The fraction of sp³-hybridized carbons (Fsp3) is 0.455. The minimum absolute atomic E-state index is 0.0998. The maximum atomic E-state index is 10.7. The number of carbonyl (C=O) groups is 1. The summed E-state index contributed by atoms with van der Waals surface area (Å²) >= 11 is 0. The highest BCUT2D eigenvalue weighted by Gasteiger charge is 2.04. The average molecular weight is 241 g/mol. The van der Waals surface area contributed by atoms with Crippen molar-refractivity contribution in [1.82, 2.24) is 4.98 Å². The Bertz CT molecular complexity index is 355. The Morgan fingerprint density at radius 2 is 2.06 bits per heavy atom. The van der Waals surface area contributed by atoms with Gasteiger partial charge in [-0.1, -0.05) is 0 Å². The third-order valence-corrected chi connectivity index (χ3v) is 1.89. The number of carboxylic acids is 1. The van der Waals surface area contributed by atoms with E-state index in [0.29, 0.717) is 32.2 Å². The Morgan fingerprint density at radius 1 is 1.29 bits per heavy atom. The van der Waals surface area contributed by atoms with E-state index in [0.717, 1.165) is 0 Å². The highest BCUT2D eigenvalue weighted by atomic mass is 16.5. The Morgan fingerprint density at radius 3 is 2.76 bits per heavy atom. The second kappa shape index (κ2) is 7.59. The molecule has 94 valence electrons. The molecule has 17 heavy (non-hydrogen) atoms. The van der Waals surface area contributed by atoms with Crippen LogP contribution in [0.5, 0.6) is 5.75 Å². The largest absolute Gasteiger partial charge is 0.490 e. The summed E-state index contributed by atoms with van der Waals surface area (Å²) in [7, 11) is 1.60. The van der Waals surface area contributed by atoms with Crippen LogP contribution in [-0.2, 0) is 9.47 Å². The smallest absolute Gasteiger partial charge is 0.337 e. The maximum absolute atomic E-state index is 10.7. The van der Waals surface area contributed by atoms with Crippen LogP contribution in [0.2, 0.25) is 0 Å². The molecular weight excluding hydrogens is 226 g/mol. The topological polar surface area (TPSA) is 77.9 Å². The van der Waals surface area contributed by atoms with Gasteiger partial charge in [0.05, 0.1) is 31.6 Å². The van der Waals surface area contributed by atoms with Gasteiger partial charge >= 0.3 is 5.97 Å². The number of aromatic nitrogens is 1. The predicted octanol–water partition coefficient (Wildman–Crippen LogP) is 0.822. The molecule has 0 aliphatic rings. The summed E-state index contributed by atoms with van der Waals surface area (Å²) < 4.78 is 15.3. The molecule has 1 aromatic rings. The van der Waals surface area contributed by atoms with Crippen molar-refractivity contribution >= 4 is 5.97 Å². The number of hydrogen-bond donors (Lipinski definition) is 1. The van der Waals surface area contributed by atoms with Gasteiger partial charge in [-0.25, -0.2) is 4.79 Å². The summed E-state index contributed by atoms with van der Waals surface area (Å²) in [6.07, 6.45) is 2.73. The Labute approximate surface area is 99.1 Å². The van der Waals surface area contributed by atoms with E-state index >= 15 is 0 Å². The van der Waals surface area contributed by atoms with Crippen molar-refractivity contribution in [3.8, 4) is 5.75 Å². The number of nitrogens with zero attached hydrogens (tertiary/aromatic N) is 1. The summed E-state index contributed by atoms with van der Waals surface area (Å²) in [6, 6.07) is 1.42. The Hall–Kier alpha value is -1.66. The molecule has 1 aromatic heterocycles. The van der Waals surface area contributed by atoms with Crippen molar-refractivity contribution < 1.29 is 24.1 Å². The van der Waals surface area contributed by atoms with Crippen LogP contribution in [0.3, 0.4) is 0 Å². The quantitative estimate of drug-likeness (QED) is 0.679. The lowest BCUT2D eigenvalue weighted by Gasteiger charge is -2.06. The van der Waals surface area contributed by atoms with Crippen LogP contribution in [0.4, 0.5) is 0 Å². The summed E-state index contributed by atoms with van der Waals surface area (Å²) in [6.45, 7) is 1.80. The number of ether oxygens (including phenoxy) is 3. The molecule has 0 fully saturated rings. The minimum Gasteiger partial charge on any atom is -0.490 e. The fourth-order valence-electron chi connectivity index (χ4n) is 1.08. The second-order valence-electron chi connectivity index (χ2n) is 3.17. The highest BCUT2D eigenvalue weighted by Crippen LogP contribution is 2.10. The molecule has 6 nitrogen and oxygen atoms in total. The van der Waals surface area contributed by atoms with Crippen LogP contribution in [0.1, 0.15) is 10.4 Å². The summed E-state index contributed by atoms with van der Waals surface area (Å²) in [4.78, 5) is 14.4. The molecule has 0 aliphatic heterocycles. The second-order valence-corrected chi connectivity index (χ2v) is 3.17. The van der Waals surface area contributed by atoms with Gasteiger partial charge in [0, 0.05) is 13.3 Å². The molecule has 1 heterocycles. The van der Waals surface area contributed by atoms with E-state index in [1.807, 2.05) is 0 Å². The van der Waals surface area contributed by atoms with Crippen LogP contribution < -0.4 is 4.74 Å². The Kier molecular flexibility index (Phi) is 5.98. The third-order valence-electron chi connectivity index (χ3n) is 1.89. The summed E-state index contributed by atoms with van der Waals surface area (Å²) in [5.74, 6) is -0.612. The number of carboxylic acid groups (broad SMARTS) is 1. The van der Waals surface area contributed by atoms with Gasteiger partial charge in [-0.05, 0) is 6.07 Å². The first-order valence-corrected chi connectivity index (χ1v) is 5.12. The number of aromatic carboxylic acids is 1. The lowest BCUT2D eigenvalue weighted by molar-refractivity contribution is 0.0543. The van der Waals surface area contributed by atoms with Gasteiger partial charge in [0.25, 0.3) is 0 Å². The van der Waals surface area contributed by atoms with Gasteiger partial charge in [0.15, 0.2) is 0 Å². The van der Waals surface area contributed by atoms with E-state index in [4.69, 9.17) is 19.3 Å². The predicted molar refractivity (Wildman–Crippen MR) is 59.4 cm³/mol. The van der Waals surface area contributed by atoms with Crippen molar-refractivity contribution in [2.24, 2.45) is 0 Å². The normalized spacial score (nSPS) is 10.2. The molecule has 1 N–H and O–H groups in total. The molecular formula is C11H15NO5. The van der Waals surface area contributed by atoms with Crippen molar-refractivity contribution in [2.75, 3.05) is 33.5 Å². The minimum atomic E-state index is -1.03. The van der Waals surface area contributed by atoms with Crippen molar-refractivity contribution in [1.29, 1.82) is 0 Å². The summed E-state index contributed by atoms with van der Waals surface area (Å²) in [5.41, 5.74) is 0.0998. The standard InChI is InChI=1S/C11H15NO5/c1-15-2-3-16-4-5-17-10-6-9(11(13)14)7-12-8-10/h6-8H,2-5H2,1H3,(H,13,14). The van der Waals surface area contributed by atoms with Gasteiger partial charge in [-0.15, -0.1) is 0 Å². The molecule has 0 aromatic carbocycles. The van der Waals surface area contributed by atoms with Crippen molar-refractivity contribution in [3.05, 3.63) is 24.0 Å². The van der Waals surface area contributed by atoms with Gasteiger partial charge in [0.1, 0.15) is 12.4 Å². The number of hydrogen-bond acceptors (Lipinski definition) is 5. The van der Waals surface area contributed by atoms with Gasteiger partial charge in [-0.3, -0.25) is 4.98 Å². The maximum Gasteiger partial charge on any atom is 0.337 e. The summed E-state index contributed by atoms with van der Waals surface area (Å²) in [5, 5.41) is 8.74. The molecule has 1 rings (SSSR count). The van der Waals surface area contributed by atoms with Gasteiger partial charge in [0.2, 0.25) is 0 Å². The number of rotatable bonds is 8. The van der Waals surface area contributed by atoms with Crippen LogP contribution in [0.25, 0.3) is 0 Å². The van der Waals surface area contributed by atoms with Crippen LogP contribution in [0.15, 0.2) is 18.5 Å². The van der Waals surface area contributed by atoms with Gasteiger partial charge < -0.3 is 19.3 Å². The molecule has 0 aliphatic carbocycles. The Balaban J connectivity index is 2.27. The lowest BCUT2D eigenvalue weighted by Crippen LogP contribution is -2.10. The zero-order valence-electron chi connectivity index (χ0n) is 9.59. The van der Waals surface area contributed by atoms with E-state index in [9.17, 15) is 4.79 Å². The SMILES string of the molecule is COCCOCCOc1cncc(C(=O)O)c1. The van der Waals surface area contributed by atoms with E-state index in [-0.39, 0.29) is 5.56 Å². The highest BCUT2D eigenvalue weighted by molar-refractivity contribution is 5.87. The van der Waals surface area contributed by atoms with Crippen molar-refractivity contribution in [3.63, 3.8) is 0 Å². The first-order chi connectivity index (χ1) is 8.24. The van der Waals surface area contributed by atoms with Crippen molar-refractivity contribution in [2.45, 2.75) is 0 Å². The monoisotopic (exact) mass is 241 g/mol. The van der Waals surface area contributed by atoms with E-state index < -0.39 is 5.97 Å². The molecule has 0 saturated carbocycles.